The topological polar surface area (TPSA) is 61.4 Å². The highest BCUT2D eigenvalue weighted by atomic mass is 16.2. The van der Waals surface area contributed by atoms with Crippen molar-refractivity contribution in [2.24, 2.45) is 5.41 Å². The van der Waals surface area contributed by atoms with Gasteiger partial charge in [-0.15, -0.1) is 0 Å². The van der Waals surface area contributed by atoms with Gasteiger partial charge >= 0.3 is 0 Å². The molecule has 0 unspecified atom stereocenters. The monoisotopic (exact) mass is 377 g/mol. The van der Waals surface area contributed by atoms with Gasteiger partial charge in [-0.2, -0.15) is 0 Å². The summed E-state index contributed by atoms with van der Waals surface area (Å²) in [6, 6.07) is 13.9. The molecule has 28 heavy (non-hydrogen) atoms. The minimum atomic E-state index is -0.955. The number of rotatable bonds is 5. The van der Waals surface area contributed by atoms with E-state index in [1.54, 1.807) is 0 Å². The molecule has 0 bridgehead atoms. The Labute approximate surface area is 166 Å². The van der Waals surface area contributed by atoms with Gasteiger partial charge in [0.1, 0.15) is 5.41 Å². The zero-order valence-corrected chi connectivity index (χ0v) is 16.5. The summed E-state index contributed by atoms with van der Waals surface area (Å²) in [4.78, 5) is 28.0. The first-order chi connectivity index (χ1) is 13.5. The fourth-order valence-electron chi connectivity index (χ4n) is 3.78. The Morgan fingerprint density at radius 1 is 0.893 bits per heavy atom. The SMILES string of the molecule is Cc1ccc(C)c(NC(=O)C2(C(=O)Nc3ccc(N4CCCC4)cc3)CC2)c1. The third kappa shape index (κ3) is 3.61. The molecule has 146 valence electrons. The first-order valence-corrected chi connectivity index (χ1v) is 10.0. The van der Waals surface area contributed by atoms with Gasteiger partial charge in [-0.25, -0.2) is 0 Å². The Kier molecular flexibility index (Phi) is 4.84. The van der Waals surface area contributed by atoms with Crippen LogP contribution in [0.25, 0.3) is 0 Å². The molecule has 2 aliphatic rings. The first-order valence-electron chi connectivity index (χ1n) is 10.0. The molecule has 1 heterocycles. The normalized spacial score (nSPS) is 17.3. The smallest absolute Gasteiger partial charge is 0.240 e. The molecule has 0 atom stereocenters. The van der Waals surface area contributed by atoms with Crippen molar-refractivity contribution in [1.29, 1.82) is 0 Å². The molecular weight excluding hydrogens is 350 g/mol. The average molecular weight is 377 g/mol. The molecule has 1 saturated carbocycles. The molecule has 5 nitrogen and oxygen atoms in total. The fraction of sp³-hybridized carbons (Fsp3) is 0.391. The fourth-order valence-corrected chi connectivity index (χ4v) is 3.78. The molecule has 0 spiro atoms. The number of benzene rings is 2. The van der Waals surface area contributed by atoms with Crippen LogP contribution in [-0.2, 0) is 9.59 Å². The van der Waals surface area contributed by atoms with Crippen LogP contribution in [0.2, 0.25) is 0 Å². The van der Waals surface area contributed by atoms with Crippen molar-refractivity contribution in [3.63, 3.8) is 0 Å². The molecule has 2 aromatic rings. The van der Waals surface area contributed by atoms with Crippen LogP contribution < -0.4 is 15.5 Å². The van der Waals surface area contributed by atoms with Crippen molar-refractivity contribution in [1.82, 2.24) is 0 Å². The summed E-state index contributed by atoms with van der Waals surface area (Å²) in [5.41, 5.74) is 3.81. The lowest BCUT2D eigenvalue weighted by Gasteiger charge is -2.19. The van der Waals surface area contributed by atoms with Crippen molar-refractivity contribution in [2.75, 3.05) is 28.6 Å². The highest BCUT2D eigenvalue weighted by Gasteiger charge is 2.56. The molecule has 0 aromatic heterocycles. The molecule has 1 aliphatic carbocycles. The molecule has 1 saturated heterocycles. The van der Waals surface area contributed by atoms with Crippen LogP contribution in [0, 0.1) is 19.3 Å². The van der Waals surface area contributed by atoms with Crippen LogP contribution in [0.4, 0.5) is 17.1 Å². The molecule has 0 radical (unpaired) electrons. The Bertz CT molecular complexity index is 895. The Morgan fingerprint density at radius 2 is 1.54 bits per heavy atom. The van der Waals surface area contributed by atoms with Crippen molar-refractivity contribution < 1.29 is 9.59 Å². The van der Waals surface area contributed by atoms with E-state index in [1.165, 1.54) is 18.5 Å². The summed E-state index contributed by atoms with van der Waals surface area (Å²) in [5.74, 6) is -0.434. The third-order valence-corrected chi connectivity index (χ3v) is 5.86. The van der Waals surface area contributed by atoms with E-state index in [0.29, 0.717) is 12.8 Å². The van der Waals surface area contributed by atoms with Gasteiger partial charge in [-0.1, -0.05) is 12.1 Å². The van der Waals surface area contributed by atoms with E-state index in [9.17, 15) is 9.59 Å². The first kappa shape index (κ1) is 18.5. The number of carbonyl (C=O) groups is 2. The number of aryl methyl sites for hydroxylation is 2. The number of nitrogens with zero attached hydrogens (tertiary/aromatic N) is 1. The van der Waals surface area contributed by atoms with Gasteiger partial charge in [0.2, 0.25) is 11.8 Å². The summed E-state index contributed by atoms with van der Waals surface area (Å²) >= 11 is 0. The summed E-state index contributed by atoms with van der Waals surface area (Å²) in [7, 11) is 0. The van der Waals surface area contributed by atoms with Crippen molar-refractivity contribution in [3.05, 3.63) is 53.6 Å². The van der Waals surface area contributed by atoms with Gasteiger partial charge in [-0.3, -0.25) is 9.59 Å². The molecule has 1 aliphatic heterocycles. The standard InChI is InChI=1S/C23H27N3O2/c1-16-5-6-17(2)20(15-16)25-22(28)23(11-12-23)21(27)24-18-7-9-19(10-8-18)26-13-3-4-14-26/h5-10,15H,3-4,11-14H2,1-2H3,(H,24,27)(H,25,28). The molecule has 4 rings (SSSR count). The van der Waals surface area contributed by atoms with Gasteiger partial charge in [0.25, 0.3) is 0 Å². The van der Waals surface area contributed by atoms with Crippen LogP contribution in [0.5, 0.6) is 0 Å². The van der Waals surface area contributed by atoms with E-state index in [1.807, 2.05) is 56.3 Å². The second-order valence-electron chi connectivity index (χ2n) is 8.05. The number of amides is 2. The maximum absolute atomic E-state index is 12.8. The predicted octanol–water partition coefficient (Wildman–Crippen LogP) is 4.26. The van der Waals surface area contributed by atoms with Gasteiger partial charge in [0.05, 0.1) is 0 Å². The van der Waals surface area contributed by atoms with Gasteiger partial charge in [0.15, 0.2) is 0 Å². The van der Waals surface area contributed by atoms with E-state index in [-0.39, 0.29) is 11.8 Å². The van der Waals surface area contributed by atoms with E-state index in [2.05, 4.69) is 15.5 Å². The predicted molar refractivity (Wildman–Crippen MR) is 113 cm³/mol. The zero-order valence-electron chi connectivity index (χ0n) is 16.5. The molecule has 2 amide bonds. The lowest BCUT2D eigenvalue weighted by Crippen LogP contribution is -2.35. The van der Waals surface area contributed by atoms with Crippen LogP contribution in [0.1, 0.15) is 36.8 Å². The molecular formula is C23H27N3O2. The highest BCUT2D eigenvalue weighted by molar-refractivity contribution is 6.17. The molecule has 2 aromatic carbocycles. The third-order valence-electron chi connectivity index (χ3n) is 5.86. The summed E-state index contributed by atoms with van der Waals surface area (Å²) < 4.78 is 0. The largest absolute Gasteiger partial charge is 0.372 e. The quantitative estimate of drug-likeness (QED) is 0.766. The van der Waals surface area contributed by atoms with Gasteiger partial charge in [-0.05, 0) is 81.0 Å². The molecule has 2 fully saturated rings. The summed E-state index contributed by atoms with van der Waals surface area (Å²) in [6.07, 6.45) is 3.63. The second kappa shape index (κ2) is 7.30. The van der Waals surface area contributed by atoms with Gasteiger partial charge in [0, 0.05) is 30.2 Å². The van der Waals surface area contributed by atoms with Crippen molar-refractivity contribution in [3.8, 4) is 0 Å². The molecule has 5 heteroatoms. The Morgan fingerprint density at radius 3 is 2.18 bits per heavy atom. The number of hydrogen-bond donors (Lipinski definition) is 2. The zero-order chi connectivity index (χ0) is 19.7. The molecule has 2 N–H and O–H groups in total. The lowest BCUT2D eigenvalue weighted by molar-refractivity contribution is -0.131. The maximum atomic E-state index is 12.8. The van der Waals surface area contributed by atoms with E-state index in [4.69, 9.17) is 0 Å². The van der Waals surface area contributed by atoms with Crippen LogP contribution >= 0.6 is 0 Å². The van der Waals surface area contributed by atoms with Crippen LogP contribution in [-0.4, -0.2) is 24.9 Å². The minimum absolute atomic E-state index is 0.215. The van der Waals surface area contributed by atoms with Gasteiger partial charge < -0.3 is 15.5 Å². The van der Waals surface area contributed by atoms with E-state index >= 15 is 0 Å². The summed E-state index contributed by atoms with van der Waals surface area (Å²) in [6.45, 7) is 6.12. The number of nitrogens with one attached hydrogen (secondary N) is 2. The number of hydrogen-bond acceptors (Lipinski definition) is 3. The van der Waals surface area contributed by atoms with Crippen molar-refractivity contribution in [2.45, 2.75) is 39.5 Å². The maximum Gasteiger partial charge on any atom is 0.240 e. The van der Waals surface area contributed by atoms with Crippen LogP contribution in [0.15, 0.2) is 42.5 Å². The van der Waals surface area contributed by atoms with E-state index < -0.39 is 5.41 Å². The number of carbonyl (C=O) groups excluding carboxylic acids is 2. The van der Waals surface area contributed by atoms with Crippen molar-refractivity contribution >= 4 is 28.9 Å². The Balaban J connectivity index is 1.42. The van der Waals surface area contributed by atoms with Crippen LogP contribution in [0.3, 0.4) is 0 Å². The lowest BCUT2D eigenvalue weighted by atomic mass is 10.0. The minimum Gasteiger partial charge on any atom is -0.372 e. The average Bonchev–Trinajstić information content (AvgIpc) is 3.33. The Hall–Kier alpha value is -2.82. The highest BCUT2D eigenvalue weighted by Crippen LogP contribution is 2.47. The van der Waals surface area contributed by atoms with E-state index in [0.717, 1.165) is 35.6 Å². The number of anilines is 3. The summed E-state index contributed by atoms with van der Waals surface area (Å²) in [5, 5.41) is 5.90. The second-order valence-corrected chi connectivity index (χ2v) is 8.05.